The fourth-order valence-corrected chi connectivity index (χ4v) is 2.23. The fraction of sp³-hybridized carbons (Fsp3) is 0.909. The molecule has 2 rings (SSSR count). The number of alkyl halides is 3. The highest BCUT2D eigenvalue weighted by atomic mass is 19.4. The van der Waals surface area contributed by atoms with E-state index >= 15 is 0 Å². The van der Waals surface area contributed by atoms with E-state index in [0.29, 0.717) is 12.8 Å². The number of nitrogens with one attached hydrogen (secondary N) is 1. The zero-order valence-electron chi connectivity index (χ0n) is 9.02. The maximum absolute atomic E-state index is 12.4. The Kier molecular flexibility index (Phi) is 3.13. The summed E-state index contributed by atoms with van der Waals surface area (Å²) in [7, 11) is 0. The third kappa shape index (κ3) is 2.89. The Morgan fingerprint density at radius 2 is 1.56 bits per heavy atom. The maximum atomic E-state index is 12.4. The molecule has 2 aliphatic carbocycles. The number of carbonyl (C=O) groups is 1. The molecule has 0 heterocycles. The largest absolute Gasteiger partial charge is 0.391 e. The van der Waals surface area contributed by atoms with E-state index in [2.05, 4.69) is 5.32 Å². The molecule has 0 radical (unpaired) electrons. The summed E-state index contributed by atoms with van der Waals surface area (Å²) in [4.78, 5) is 11.4. The van der Waals surface area contributed by atoms with Crippen LogP contribution in [0.4, 0.5) is 13.2 Å². The van der Waals surface area contributed by atoms with Crippen LogP contribution in [0.3, 0.4) is 0 Å². The van der Waals surface area contributed by atoms with Crippen LogP contribution in [0.25, 0.3) is 0 Å². The lowest BCUT2D eigenvalue weighted by molar-refractivity contribution is -0.182. The molecule has 2 nitrogen and oxygen atoms in total. The lowest BCUT2D eigenvalue weighted by Gasteiger charge is -2.30. The van der Waals surface area contributed by atoms with Crippen molar-refractivity contribution in [2.75, 3.05) is 0 Å². The Morgan fingerprint density at radius 3 is 2.00 bits per heavy atom. The molecule has 0 unspecified atom stereocenters. The van der Waals surface area contributed by atoms with Crippen LogP contribution in [0.15, 0.2) is 0 Å². The zero-order valence-corrected chi connectivity index (χ0v) is 9.02. The van der Waals surface area contributed by atoms with Crippen molar-refractivity contribution in [3.8, 4) is 0 Å². The van der Waals surface area contributed by atoms with E-state index in [9.17, 15) is 18.0 Å². The highest BCUT2D eigenvalue weighted by Gasteiger charge is 2.42. The average molecular weight is 235 g/mol. The second kappa shape index (κ2) is 4.26. The van der Waals surface area contributed by atoms with Gasteiger partial charge in [0.05, 0.1) is 5.92 Å². The highest BCUT2D eigenvalue weighted by molar-refractivity contribution is 5.81. The van der Waals surface area contributed by atoms with Crippen LogP contribution in [0, 0.1) is 11.8 Å². The molecule has 0 aromatic carbocycles. The van der Waals surface area contributed by atoms with E-state index in [4.69, 9.17) is 0 Å². The van der Waals surface area contributed by atoms with Gasteiger partial charge in [-0.05, 0) is 38.5 Å². The first kappa shape index (κ1) is 11.7. The summed E-state index contributed by atoms with van der Waals surface area (Å²) in [6.45, 7) is 0. The maximum Gasteiger partial charge on any atom is 0.391 e. The topological polar surface area (TPSA) is 29.1 Å². The minimum Gasteiger partial charge on any atom is -0.353 e. The number of hydrogen-bond donors (Lipinski definition) is 1. The standard InChI is InChI=1S/C11H16F3NO/c12-11(13,14)8-3-5-9(6-4-8)15-10(16)7-1-2-7/h7-9H,1-6H2,(H,15,16). The summed E-state index contributed by atoms with van der Waals surface area (Å²) in [5.74, 6) is -0.989. The van der Waals surface area contributed by atoms with Crippen LogP contribution >= 0.6 is 0 Å². The van der Waals surface area contributed by atoms with Gasteiger partial charge in [0.25, 0.3) is 0 Å². The summed E-state index contributed by atoms with van der Waals surface area (Å²) in [5.41, 5.74) is 0. The van der Waals surface area contributed by atoms with Crippen LogP contribution < -0.4 is 5.32 Å². The van der Waals surface area contributed by atoms with Gasteiger partial charge in [-0.15, -0.1) is 0 Å². The van der Waals surface area contributed by atoms with Crippen molar-refractivity contribution in [1.29, 1.82) is 0 Å². The zero-order chi connectivity index (χ0) is 11.8. The second-order valence-corrected chi connectivity index (χ2v) is 4.87. The molecule has 92 valence electrons. The first-order valence-corrected chi connectivity index (χ1v) is 5.84. The summed E-state index contributed by atoms with van der Waals surface area (Å²) in [6, 6.07) is -0.0355. The van der Waals surface area contributed by atoms with Crippen molar-refractivity contribution in [2.45, 2.75) is 50.7 Å². The molecule has 0 aromatic heterocycles. The van der Waals surface area contributed by atoms with E-state index in [-0.39, 0.29) is 30.7 Å². The van der Waals surface area contributed by atoms with Crippen LogP contribution in [-0.4, -0.2) is 18.1 Å². The van der Waals surface area contributed by atoms with Gasteiger partial charge in [0.1, 0.15) is 0 Å². The van der Waals surface area contributed by atoms with Crippen molar-refractivity contribution >= 4 is 5.91 Å². The second-order valence-electron chi connectivity index (χ2n) is 4.87. The molecule has 0 bridgehead atoms. The van der Waals surface area contributed by atoms with E-state index in [0.717, 1.165) is 12.8 Å². The normalized spacial score (nSPS) is 31.2. The number of halogens is 3. The molecule has 2 saturated carbocycles. The number of rotatable bonds is 2. The van der Waals surface area contributed by atoms with Gasteiger partial charge in [0.15, 0.2) is 0 Å². The molecule has 0 atom stereocenters. The molecular formula is C11H16F3NO. The minimum atomic E-state index is -4.06. The molecule has 0 spiro atoms. The molecule has 0 saturated heterocycles. The molecule has 0 aliphatic heterocycles. The Morgan fingerprint density at radius 1 is 1.00 bits per heavy atom. The Bertz CT molecular complexity index is 265. The molecule has 0 aromatic rings. The first-order chi connectivity index (χ1) is 7.47. The summed E-state index contributed by atoms with van der Waals surface area (Å²) >= 11 is 0. The van der Waals surface area contributed by atoms with E-state index in [1.165, 1.54) is 0 Å². The van der Waals surface area contributed by atoms with Gasteiger partial charge in [0, 0.05) is 12.0 Å². The van der Waals surface area contributed by atoms with Crippen LogP contribution in [-0.2, 0) is 4.79 Å². The van der Waals surface area contributed by atoms with E-state index in [1.807, 2.05) is 0 Å². The van der Waals surface area contributed by atoms with E-state index < -0.39 is 12.1 Å². The van der Waals surface area contributed by atoms with Crippen LogP contribution in [0.5, 0.6) is 0 Å². The summed E-state index contributed by atoms with van der Waals surface area (Å²) in [5, 5.41) is 2.85. The Balaban J connectivity index is 1.74. The van der Waals surface area contributed by atoms with Crippen molar-refractivity contribution in [2.24, 2.45) is 11.8 Å². The van der Waals surface area contributed by atoms with Crippen molar-refractivity contribution in [3.05, 3.63) is 0 Å². The Hall–Kier alpha value is -0.740. The summed E-state index contributed by atoms with van der Waals surface area (Å²) in [6.07, 6.45) is -0.970. The molecule has 1 amide bonds. The molecule has 1 N–H and O–H groups in total. The molecular weight excluding hydrogens is 219 g/mol. The van der Waals surface area contributed by atoms with Gasteiger partial charge in [-0.2, -0.15) is 13.2 Å². The molecule has 5 heteroatoms. The predicted octanol–water partition coefficient (Wildman–Crippen LogP) is 2.63. The van der Waals surface area contributed by atoms with Gasteiger partial charge in [0.2, 0.25) is 5.91 Å². The molecule has 2 fully saturated rings. The number of hydrogen-bond acceptors (Lipinski definition) is 1. The highest BCUT2D eigenvalue weighted by Crippen LogP contribution is 2.38. The summed E-state index contributed by atoms with van der Waals surface area (Å²) < 4.78 is 37.1. The monoisotopic (exact) mass is 235 g/mol. The average Bonchev–Trinajstić information content (AvgIpc) is 3.00. The third-order valence-corrected chi connectivity index (χ3v) is 3.48. The van der Waals surface area contributed by atoms with E-state index in [1.54, 1.807) is 0 Å². The van der Waals surface area contributed by atoms with Crippen molar-refractivity contribution in [3.63, 3.8) is 0 Å². The van der Waals surface area contributed by atoms with Crippen molar-refractivity contribution in [1.82, 2.24) is 5.32 Å². The molecule has 2 aliphatic rings. The third-order valence-electron chi connectivity index (χ3n) is 3.48. The van der Waals surface area contributed by atoms with Gasteiger partial charge < -0.3 is 5.32 Å². The fourth-order valence-electron chi connectivity index (χ4n) is 2.23. The lowest BCUT2D eigenvalue weighted by atomic mass is 9.85. The smallest absolute Gasteiger partial charge is 0.353 e. The van der Waals surface area contributed by atoms with Crippen molar-refractivity contribution < 1.29 is 18.0 Å². The van der Waals surface area contributed by atoms with Gasteiger partial charge in [-0.1, -0.05) is 0 Å². The first-order valence-electron chi connectivity index (χ1n) is 5.84. The predicted molar refractivity (Wildman–Crippen MR) is 52.7 cm³/mol. The lowest BCUT2D eigenvalue weighted by Crippen LogP contribution is -2.40. The van der Waals surface area contributed by atoms with Gasteiger partial charge >= 0.3 is 6.18 Å². The number of carbonyl (C=O) groups excluding carboxylic acids is 1. The van der Waals surface area contributed by atoms with Gasteiger partial charge in [-0.25, -0.2) is 0 Å². The van der Waals surface area contributed by atoms with Crippen LogP contribution in [0.2, 0.25) is 0 Å². The minimum absolute atomic E-state index is 0.0355. The Labute approximate surface area is 92.6 Å². The SMILES string of the molecule is O=C(NC1CCC(C(F)(F)F)CC1)C1CC1. The van der Waals surface area contributed by atoms with Gasteiger partial charge in [-0.3, -0.25) is 4.79 Å². The quantitative estimate of drug-likeness (QED) is 0.783. The molecule has 16 heavy (non-hydrogen) atoms. The number of amides is 1. The van der Waals surface area contributed by atoms with Crippen LogP contribution in [0.1, 0.15) is 38.5 Å².